The molecule has 0 unspecified atom stereocenters. The van der Waals surface area contributed by atoms with Gasteiger partial charge in [0, 0.05) is 23.0 Å². The normalized spacial score (nSPS) is 16.8. The number of fused-ring (bicyclic) bond motifs is 1. The summed E-state index contributed by atoms with van der Waals surface area (Å²) in [5.41, 5.74) is 1.17. The van der Waals surface area contributed by atoms with E-state index in [1.165, 1.54) is 10.4 Å². The Bertz CT molecular complexity index is 874. The first-order valence-electron chi connectivity index (χ1n) is 11.6. The molecule has 0 saturated carbocycles. The largest absolute Gasteiger partial charge is 0.491 e. The third kappa shape index (κ3) is 7.69. The molecule has 0 fully saturated rings. The maximum Gasteiger partial charge on any atom is 0.237 e. The molecule has 0 bridgehead atoms. The van der Waals surface area contributed by atoms with Gasteiger partial charge in [-0.2, -0.15) is 0 Å². The summed E-state index contributed by atoms with van der Waals surface area (Å²) in [6, 6.07) is 9.25. The van der Waals surface area contributed by atoms with Crippen LogP contribution in [0.1, 0.15) is 43.7 Å². The molecule has 1 amide bonds. The second-order valence-electron chi connectivity index (χ2n) is 8.69. The lowest BCUT2D eigenvalue weighted by Crippen LogP contribution is -2.48. The van der Waals surface area contributed by atoms with Crippen LogP contribution in [-0.4, -0.2) is 72.4 Å². The van der Waals surface area contributed by atoms with Gasteiger partial charge in [-0.1, -0.05) is 18.5 Å². The summed E-state index contributed by atoms with van der Waals surface area (Å²) in [6.45, 7) is 8.72. The molecule has 2 aromatic rings. The molecule has 3 rings (SSSR count). The molecule has 0 spiro atoms. The Morgan fingerprint density at radius 1 is 1.30 bits per heavy atom. The molecule has 1 N–H and O–H groups in total. The van der Waals surface area contributed by atoms with Gasteiger partial charge in [-0.05, 0) is 74.5 Å². The SMILES string of the molecule is CCCN(CC(=O)N1CCc2sccc2[C@@H]1COc1ccc(Cl)cc1)C[C@@H](O)COC(C)C. The first-order valence-corrected chi connectivity index (χ1v) is 12.9. The van der Waals surface area contributed by atoms with Crippen LogP contribution in [0.4, 0.5) is 0 Å². The van der Waals surface area contributed by atoms with E-state index in [2.05, 4.69) is 18.4 Å². The van der Waals surface area contributed by atoms with Gasteiger partial charge in [0.2, 0.25) is 5.91 Å². The number of carbonyl (C=O) groups excluding carboxylic acids is 1. The van der Waals surface area contributed by atoms with Gasteiger partial charge < -0.3 is 19.5 Å². The highest BCUT2D eigenvalue weighted by Crippen LogP contribution is 2.34. The van der Waals surface area contributed by atoms with Crippen LogP contribution in [0.15, 0.2) is 35.7 Å². The highest BCUT2D eigenvalue weighted by atomic mass is 35.5. The fraction of sp³-hybridized carbons (Fsp3) is 0.560. The van der Waals surface area contributed by atoms with E-state index < -0.39 is 6.10 Å². The topological polar surface area (TPSA) is 62.2 Å². The lowest BCUT2D eigenvalue weighted by molar-refractivity contribution is -0.136. The fourth-order valence-corrected chi connectivity index (χ4v) is 5.12. The second-order valence-corrected chi connectivity index (χ2v) is 10.1. The number of amides is 1. The van der Waals surface area contributed by atoms with Gasteiger partial charge in [0.25, 0.3) is 0 Å². The van der Waals surface area contributed by atoms with E-state index in [1.54, 1.807) is 23.5 Å². The zero-order valence-corrected chi connectivity index (χ0v) is 21.3. The first-order chi connectivity index (χ1) is 15.9. The number of benzene rings is 1. The summed E-state index contributed by atoms with van der Waals surface area (Å²) >= 11 is 7.72. The smallest absolute Gasteiger partial charge is 0.237 e. The number of ether oxygens (including phenoxy) is 2. The maximum absolute atomic E-state index is 13.4. The fourth-order valence-electron chi connectivity index (χ4n) is 4.07. The minimum Gasteiger partial charge on any atom is -0.491 e. The Balaban J connectivity index is 1.67. The predicted octanol–water partition coefficient (Wildman–Crippen LogP) is 4.40. The second kappa shape index (κ2) is 12.7. The predicted molar refractivity (Wildman–Crippen MR) is 133 cm³/mol. The molecule has 6 nitrogen and oxygen atoms in total. The molecular weight excluding hydrogens is 460 g/mol. The molecule has 1 aromatic carbocycles. The number of halogens is 1. The van der Waals surface area contributed by atoms with Gasteiger partial charge in [0.1, 0.15) is 12.4 Å². The average Bonchev–Trinajstić information content (AvgIpc) is 3.26. The molecule has 2 atom stereocenters. The Morgan fingerprint density at radius 3 is 2.76 bits per heavy atom. The molecule has 1 aliphatic rings. The number of nitrogens with zero attached hydrogens (tertiary/aromatic N) is 2. The quantitative estimate of drug-likeness (QED) is 0.473. The number of aliphatic hydroxyl groups is 1. The van der Waals surface area contributed by atoms with Crippen LogP contribution in [0.5, 0.6) is 5.75 Å². The van der Waals surface area contributed by atoms with Crippen LogP contribution in [0.2, 0.25) is 5.02 Å². The van der Waals surface area contributed by atoms with Gasteiger partial charge in [-0.3, -0.25) is 9.69 Å². The van der Waals surface area contributed by atoms with E-state index in [0.29, 0.717) is 24.7 Å². The van der Waals surface area contributed by atoms with Crippen molar-refractivity contribution in [1.82, 2.24) is 9.80 Å². The van der Waals surface area contributed by atoms with Crippen LogP contribution in [0.3, 0.4) is 0 Å². The van der Waals surface area contributed by atoms with Crippen molar-refractivity contribution in [2.45, 2.75) is 51.9 Å². The zero-order valence-electron chi connectivity index (χ0n) is 19.7. The maximum atomic E-state index is 13.4. The zero-order chi connectivity index (χ0) is 23.8. The lowest BCUT2D eigenvalue weighted by atomic mass is 10.0. The van der Waals surface area contributed by atoms with Crippen LogP contribution in [-0.2, 0) is 16.0 Å². The van der Waals surface area contributed by atoms with E-state index in [0.717, 1.165) is 25.1 Å². The molecule has 8 heteroatoms. The summed E-state index contributed by atoms with van der Waals surface area (Å²) in [4.78, 5) is 18.7. The Morgan fingerprint density at radius 2 is 2.06 bits per heavy atom. The van der Waals surface area contributed by atoms with E-state index in [9.17, 15) is 9.90 Å². The van der Waals surface area contributed by atoms with Gasteiger partial charge in [0.15, 0.2) is 0 Å². The van der Waals surface area contributed by atoms with Crippen molar-refractivity contribution >= 4 is 28.8 Å². The number of thiophene rings is 1. The van der Waals surface area contributed by atoms with E-state index in [-0.39, 0.29) is 31.2 Å². The third-order valence-corrected chi connectivity index (χ3v) is 6.87. The average molecular weight is 495 g/mol. The molecule has 1 aromatic heterocycles. The van der Waals surface area contributed by atoms with E-state index in [4.69, 9.17) is 21.1 Å². The van der Waals surface area contributed by atoms with Gasteiger partial charge >= 0.3 is 0 Å². The Hall–Kier alpha value is -1.64. The Kier molecular flexibility index (Phi) is 10.0. The van der Waals surface area contributed by atoms with Gasteiger partial charge in [-0.25, -0.2) is 0 Å². The highest BCUT2D eigenvalue weighted by Gasteiger charge is 2.33. The van der Waals surface area contributed by atoms with Crippen molar-refractivity contribution < 1.29 is 19.4 Å². The number of hydrogen-bond acceptors (Lipinski definition) is 6. The van der Waals surface area contributed by atoms with Crippen LogP contribution < -0.4 is 4.74 Å². The molecule has 0 aliphatic carbocycles. The minimum absolute atomic E-state index is 0.0574. The van der Waals surface area contributed by atoms with Crippen molar-refractivity contribution in [3.8, 4) is 5.75 Å². The summed E-state index contributed by atoms with van der Waals surface area (Å²) < 4.78 is 11.6. The molecule has 1 aliphatic heterocycles. The van der Waals surface area contributed by atoms with E-state index in [1.807, 2.05) is 35.8 Å². The van der Waals surface area contributed by atoms with Crippen molar-refractivity contribution in [3.05, 3.63) is 51.2 Å². The highest BCUT2D eigenvalue weighted by molar-refractivity contribution is 7.10. The van der Waals surface area contributed by atoms with Crippen molar-refractivity contribution in [2.24, 2.45) is 0 Å². The Labute approximate surface area is 206 Å². The first kappa shape index (κ1) is 26.0. The number of rotatable bonds is 12. The molecule has 2 heterocycles. The number of carbonyl (C=O) groups is 1. The molecular formula is C25H35ClN2O4S. The standard InChI is InChI=1S/C25H35ClN2O4S/c1-4-11-27(14-20(29)16-31-18(2)3)15-25(30)28-12-9-24-22(10-13-33-24)23(28)17-32-21-7-5-19(26)6-8-21/h5-8,10,13,18,20,23,29H,4,9,11-12,14-17H2,1-3H3/t20-,23+/m1/s1. The number of hydrogen-bond donors (Lipinski definition) is 1. The summed E-state index contributed by atoms with van der Waals surface area (Å²) in [5.74, 6) is 0.789. The van der Waals surface area contributed by atoms with Crippen molar-refractivity contribution in [1.29, 1.82) is 0 Å². The van der Waals surface area contributed by atoms with Gasteiger partial charge in [0.05, 0.1) is 31.4 Å². The third-order valence-electron chi connectivity index (χ3n) is 5.63. The van der Waals surface area contributed by atoms with Gasteiger partial charge in [-0.15, -0.1) is 11.3 Å². The number of aliphatic hydroxyl groups excluding tert-OH is 1. The summed E-state index contributed by atoms with van der Waals surface area (Å²) in [5, 5.41) is 13.1. The molecule has 0 saturated heterocycles. The monoisotopic (exact) mass is 494 g/mol. The van der Waals surface area contributed by atoms with Crippen molar-refractivity contribution in [2.75, 3.05) is 39.4 Å². The molecule has 182 valence electrons. The molecule has 0 radical (unpaired) electrons. The minimum atomic E-state index is -0.624. The van der Waals surface area contributed by atoms with Crippen LogP contribution in [0, 0.1) is 0 Å². The summed E-state index contributed by atoms with van der Waals surface area (Å²) in [7, 11) is 0. The van der Waals surface area contributed by atoms with Crippen molar-refractivity contribution in [3.63, 3.8) is 0 Å². The molecule has 33 heavy (non-hydrogen) atoms. The van der Waals surface area contributed by atoms with E-state index >= 15 is 0 Å². The lowest BCUT2D eigenvalue weighted by Gasteiger charge is -2.37. The van der Waals surface area contributed by atoms with Crippen LogP contribution >= 0.6 is 22.9 Å². The van der Waals surface area contributed by atoms with Crippen LogP contribution in [0.25, 0.3) is 0 Å². The summed E-state index contributed by atoms with van der Waals surface area (Å²) in [6.07, 6.45) is 1.20.